The highest BCUT2D eigenvalue weighted by atomic mass is 79.9. The molecule has 2 aliphatic rings. The number of ether oxygens (including phenoxy) is 1. The molecule has 3 rings (SSSR count). The molecule has 1 aromatic carbocycles. The maximum atomic E-state index is 6.12. The summed E-state index contributed by atoms with van der Waals surface area (Å²) in [6.07, 6.45) is 9.31. The van der Waals surface area contributed by atoms with Crippen molar-refractivity contribution >= 4 is 21.6 Å². The van der Waals surface area contributed by atoms with Crippen LogP contribution in [0.25, 0.3) is 0 Å². The number of hydrogen-bond donors (Lipinski definition) is 1. The van der Waals surface area contributed by atoms with Crippen molar-refractivity contribution in [2.45, 2.75) is 44.9 Å². The molecule has 0 aliphatic carbocycles. The maximum Gasteiger partial charge on any atom is 0.143 e. The summed E-state index contributed by atoms with van der Waals surface area (Å²) in [6, 6.07) is 6.30. The van der Waals surface area contributed by atoms with E-state index in [9.17, 15) is 0 Å². The Morgan fingerprint density at radius 3 is 2.23 bits per heavy atom. The van der Waals surface area contributed by atoms with Gasteiger partial charge in [0.05, 0.1) is 12.3 Å². The summed E-state index contributed by atoms with van der Waals surface area (Å²) in [5.74, 6) is 0.969. The fourth-order valence-corrected chi connectivity index (χ4v) is 4.29. The minimum absolute atomic E-state index is 0.785. The van der Waals surface area contributed by atoms with Crippen molar-refractivity contribution in [2.75, 3.05) is 57.7 Å². The first-order valence-corrected chi connectivity index (χ1v) is 11.2. The van der Waals surface area contributed by atoms with Gasteiger partial charge in [-0.2, -0.15) is 0 Å². The van der Waals surface area contributed by atoms with Crippen molar-refractivity contribution in [3.63, 3.8) is 0 Å². The average molecular weight is 424 g/mol. The van der Waals surface area contributed by atoms with E-state index >= 15 is 0 Å². The van der Waals surface area contributed by atoms with Gasteiger partial charge in [-0.1, -0.05) is 28.8 Å². The summed E-state index contributed by atoms with van der Waals surface area (Å²) >= 11 is 3.57. The lowest BCUT2D eigenvalue weighted by molar-refractivity contribution is 0.205. The molecule has 0 bridgehead atoms. The van der Waals surface area contributed by atoms with Crippen LogP contribution in [0, 0.1) is 0 Å². The molecule has 2 aliphatic heterocycles. The third-order valence-corrected chi connectivity index (χ3v) is 5.95. The van der Waals surface area contributed by atoms with Crippen molar-refractivity contribution in [1.29, 1.82) is 0 Å². The Labute approximate surface area is 167 Å². The Bertz CT molecular complexity index is 528. The van der Waals surface area contributed by atoms with E-state index in [0.29, 0.717) is 0 Å². The van der Waals surface area contributed by atoms with E-state index in [2.05, 4.69) is 49.2 Å². The number of halogens is 1. The average Bonchev–Trinajstić information content (AvgIpc) is 2.68. The minimum Gasteiger partial charge on any atom is -0.491 e. The van der Waals surface area contributed by atoms with E-state index in [0.717, 1.165) is 48.6 Å². The van der Waals surface area contributed by atoms with E-state index in [4.69, 9.17) is 4.74 Å². The summed E-state index contributed by atoms with van der Waals surface area (Å²) < 4.78 is 7.19. The largest absolute Gasteiger partial charge is 0.491 e. The predicted octanol–water partition coefficient (Wildman–Crippen LogP) is 4.60. The number of anilines is 1. The molecule has 0 unspecified atom stereocenters. The highest BCUT2D eigenvalue weighted by molar-refractivity contribution is 9.10. The van der Waals surface area contributed by atoms with Crippen LogP contribution >= 0.6 is 15.9 Å². The molecule has 2 heterocycles. The van der Waals surface area contributed by atoms with Gasteiger partial charge in [-0.15, -0.1) is 0 Å². The lowest BCUT2D eigenvalue weighted by Crippen LogP contribution is -2.33. The summed E-state index contributed by atoms with van der Waals surface area (Å²) in [5, 5.41) is 3.58. The van der Waals surface area contributed by atoms with E-state index in [1.165, 1.54) is 64.7 Å². The normalized spacial score (nSPS) is 19.4. The third kappa shape index (κ3) is 6.75. The van der Waals surface area contributed by atoms with E-state index in [-0.39, 0.29) is 0 Å². The SMILES string of the molecule is Brc1ccc(NCCN2CCCCC2)c(OCCCN2CCCCC2)c1. The number of nitrogens with zero attached hydrogens (tertiary/aromatic N) is 2. The van der Waals surface area contributed by atoms with Crippen LogP contribution < -0.4 is 10.1 Å². The van der Waals surface area contributed by atoms with Gasteiger partial charge in [0.15, 0.2) is 0 Å². The Morgan fingerprint density at radius 2 is 1.54 bits per heavy atom. The van der Waals surface area contributed by atoms with Gasteiger partial charge < -0.3 is 19.9 Å². The van der Waals surface area contributed by atoms with Crippen molar-refractivity contribution < 1.29 is 4.74 Å². The van der Waals surface area contributed by atoms with Gasteiger partial charge >= 0.3 is 0 Å². The van der Waals surface area contributed by atoms with Crippen LogP contribution in [-0.4, -0.2) is 62.2 Å². The first-order valence-electron chi connectivity index (χ1n) is 10.4. The predicted molar refractivity (Wildman–Crippen MR) is 113 cm³/mol. The highest BCUT2D eigenvalue weighted by Crippen LogP contribution is 2.28. The van der Waals surface area contributed by atoms with Gasteiger partial charge in [-0.25, -0.2) is 0 Å². The van der Waals surface area contributed by atoms with Gasteiger partial charge in [0.25, 0.3) is 0 Å². The molecule has 0 aromatic heterocycles. The molecule has 0 atom stereocenters. The first kappa shape index (κ1) is 20.0. The summed E-state index contributed by atoms with van der Waals surface area (Å²) in [6.45, 7) is 9.07. The molecule has 2 fully saturated rings. The monoisotopic (exact) mass is 423 g/mol. The molecule has 26 heavy (non-hydrogen) atoms. The Kier molecular flexibility index (Phi) is 8.56. The number of piperidine rings is 2. The zero-order chi connectivity index (χ0) is 18.0. The molecule has 1 aromatic rings. The van der Waals surface area contributed by atoms with Crippen molar-refractivity contribution in [3.05, 3.63) is 22.7 Å². The van der Waals surface area contributed by atoms with Crippen molar-refractivity contribution in [1.82, 2.24) is 9.80 Å². The second-order valence-electron chi connectivity index (χ2n) is 7.57. The van der Waals surface area contributed by atoms with Crippen LogP contribution in [0.2, 0.25) is 0 Å². The lowest BCUT2D eigenvalue weighted by atomic mass is 10.1. The lowest BCUT2D eigenvalue weighted by Gasteiger charge is -2.27. The molecule has 146 valence electrons. The Morgan fingerprint density at radius 1 is 0.885 bits per heavy atom. The number of rotatable bonds is 9. The zero-order valence-corrected chi connectivity index (χ0v) is 17.6. The second kappa shape index (κ2) is 11.2. The molecular weight excluding hydrogens is 390 g/mol. The summed E-state index contributed by atoms with van der Waals surface area (Å²) in [5.41, 5.74) is 1.11. The molecule has 0 spiro atoms. The first-order chi connectivity index (χ1) is 12.8. The fraction of sp³-hybridized carbons (Fsp3) is 0.714. The minimum atomic E-state index is 0.785. The molecule has 1 N–H and O–H groups in total. The van der Waals surface area contributed by atoms with Crippen LogP contribution in [-0.2, 0) is 0 Å². The van der Waals surface area contributed by atoms with Gasteiger partial charge in [-0.3, -0.25) is 0 Å². The van der Waals surface area contributed by atoms with Gasteiger partial charge in [-0.05, 0) is 76.5 Å². The van der Waals surface area contributed by atoms with Gasteiger partial charge in [0.2, 0.25) is 0 Å². The van der Waals surface area contributed by atoms with Crippen LogP contribution in [0.4, 0.5) is 5.69 Å². The van der Waals surface area contributed by atoms with Crippen LogP contribution in [0.1, 0.15) is 44.9 Å². The second-order valence-corrected chi connectivity index (χ2v) is 8.49. The van der Waals surface area contributed by atoms with Crippen LogP contribution in [0.3, 0.4) is 0 Å². The molecule has 0 radical (unpaired) electrons. The quantitative estimate of drug-likeness (QED) is 0.587. The summed E-state index contributed by atoms with van der Waals surface area (Å²) in [7, 11) is 0. The smallest absolute Gasteiger partial charge is 0.143 e. The highest BCUT2D eigenvalue weighted by Gasteiger charge is 2.11. The molecule has 0 amide bonds. The summed E-state index contributed by atoms with van der Waals surface area (Å²) in [4.78, 5) is 5.14. The van der Waals surface area contributed by atoms with Crippen molar-refractivity contribution in [3.8, 4) is 5.75 Å². The fourth-order valence-electron chi connectivity index (χ4n) is 3.95. The number of benzene rings is 1. The van der Waals surface area contributed by atoms with E-state index in [1.54, 1.807) is 0 Å². The maximum absolute atomic E-state index is 6.12. The molecular formula is C21H34BrN3O. The Hall–Kier alpha value is -0.780. The number of nitrogens with one attached hydrogen (secondary N) is 1. The topological polar surface area (TPSA) is 27.7 Å². The Balaban J connectivity index is 1.41. The molecule has 0 saturated carbocycles. The van der Waals surface area contributed by atoms with E-state index < -0.39 is 0 Å². The third-order valence-electron chi connectivity index (χ3n) is 5.46. The van der Waals surface area contributed by atoms with E-state index in [1.807, 2.05) is 0 Å². The number of hydrogen-bond acceptors (Lipinski definition) is 4. The van der Waals surface area contributed by atoms with Gasteiger partial charge in [0.1, 0.15) is 5.75 Å². The zero-order valence-electron chi connectivity index (χ0n) is 16.0. The molecule has 2 saturated heterocycles. The van der Waals surface area contributed by atoms with Crippen molar-refractivity contribution in [2.24, 2.45) is 0 Å². The van der Waals surface area contributed by atoms with Crippen LogP contribution in [0.15, 0.2) is 22.7 Å². The van der Waals surface area contributed by atoms with Crippen LogP contribution in [0.5, 0.6) is 5.75 Å². The standard InChI is InChI=1S/C21H34BrN3O/c22-19-8-9-20(23-10-16-25-13-5-2-6-14-25)21(18-19)26-17-7-15-24-11-3-1-4-12-24/h8-9,18,23H,1-7,10-17H2. The molecule has 4 nitrogen and oxygen atoms in total. The number of likely N-dealkylation sites (tertiary alicyclic amines) is 2. The van der Waals surface area contributed by atoms with Gasteiger partial charge in [0, 0.05) is 24.1 Å². The molecule has 5 heteroatoms.